The third-order valence-electron chi connectivity index (χ3n) is 5.22. The summed E-state index contributed by atoms with van der Waals surface area (Å²) < 4.78 is 5.61. The van der Waals surface area contributed by atoms with Gasteiger partial charge in [-0.1, -0.05) is 54.8 Å². The first-order valence-corrected chi connectivity index (χ1v) is 10.7. The molecule has 0 saturated heterocycles. The van der Waals surface area contributed by atoms with E-state index in [9.17, 15) is 4.79 Å². The highest BCUT2D eigenvalue weighted by atomic mass is 32.1. The lowest BCUT2D eigenvalue weighted by atomic mass is 9.81. The smallest absolute Gasteiger partial charge is 0.315 e. The van der Waals surface area contributed by atoms with Crippen molar-refractivity contribution in [3.63, 3.8) is 0 Å². The molecule has 0 atom stereocenters. The summed E-state index contributed by atoms with van der Waals surface area (Å²) in [6.45, 7) is 0.579. The fourth-order valence-corrected chi connectivity index (χ4v) is 4.34. The Kier molecular flexibility index (Phi) is 5.71. The third-order valence-corrected chi connectivity index (χ3v) is 5.90. The van der Waals surface area contributed by atoms with Gasteiger partial charge in [0.2, 0.25) is 5.82 Å². The predicted molar refractivity (Wildman–Crippen MR) is 109 cm³/mol. The van der Waals surface area contributed by atoms with Crippen LogP contribution in [0.1, 0.15) is 43.6 Å². The molecule has 2 amide bonds. The topological polar surface area (TPSA) is 80.0 Å². The summed E-state index contributed by atoms with van der Waals surface area (Å²) in [6, 6.07) is 11.9. The fraction of sp³-hybridized carbons (Fsp3) is 0.381. The van der Waals surface area contributed by atoms with Crippen LogP contribution in [0.5, 0.6) is 0 Å². The first kappa shape index (κ1) is 18.7. The predicted octanol–water partition coefficient (Wildman–Crippen LogP) is 4.50. The molecule has 0 unspecified atom stereocenters. The zero-order valence-electron chi connectivity index (χ0n) is 15.7. The Hall–Kier alpha value is -2.67. The van der Waals surface area contributed by atoms with Crippen molar-refractivity contribution in [2.24, 2.45) is 0 Å². The molecule has 6 nitrogen and oxygen atoms in total. The second-order valence-electron chi connectivity index (χ2n) is 7.19. The van der Waals surface area contributed by atoms with Gasteiger partial charge < -0.3 is 15.2 Å². The van der Waals surface area contributed by atoms with Gasteiger partial charge in [0, 0.05) is 17.5 Å². The number of carbonyl (C=O) groups excluding carboxylic acids is 1. The van der Waals surface area contributed by atoms with Crippen LogP contribution in [0.3, 0.4) is 0 Å². The number of amides is 2. The highest BCUT2D eigenvalue weighted by molar-refractivity contribution is 7.08. The molecule has 4 rings (SSSR count). The van der Waals surface area contributed by atoms with E-state index in [2.05, 4.69) is 32.9 Å². The van der Waals surface area contributed by atoms with Gasteiger partial charge in [-0.3, -0.25) is 0 Å². The Morgan fingerprint density at radius 1 is 1.14 bits per heavy atom. The van der Waals surface area contributed by atoms with Crippen LogP contribution in [0.25, 0.3) is 11.4 Å². The molecule has 28 heavy (non-hydrogen) atoms. The van der Waals surface area contributed by atoms with Crippen LogP contribution in [0, 0.1) is 0 Å². The summed E-state index contributed by atoms with van der Waals surface area (Å²) in [5, 5.41) is 14.2. The molecule has 1 fully saturated rings. The maximum atomic E-state index is 12.6. The SMILES string of the molecule is O=C(NCCc1ccccc1)NC1(c2nc(-c3ccsc3)no2)CCCCC1. The zero-order valence-corrected chi connectivity index (χ0v) is 16.5. The van der Waals surface area contributed by atoms with Crippen LogP contribution in [0.2, 0.25) is 0 Å². The highest BCUT2D eigenvalue weighted by Gasteiger charge is 2.40. The standard InChI is InChI=1S/C21H24N4O2S/c26-20(22-13-9-16-7-3-1-4-8-16)24-21(11-5-2-6-12-21)19-23-18(25-27-19)17-10-14-28-15-17/h1,3-4,7-8,10,14-15H,2,5-6,9,11-13H2,(H2,22,24,26). The minimum atomic E-state index is -0.587. The Morgan fingerprint density at radius 2 is 1.96 bits per heavy atom. The average Bonchev–Trinajstić information content (AvgIpc) is 3.41. The summed E-state index contributed by atoms with van der Waals surface area (Å²) >= 11 is 1.59. The molecule has 7 heteroatoms. The molecule has 1 aliphatic carbocycles. The lowest BCUT2D eigenvalue weighted by molar-refractivity contribution is 0.168. The van der Waals surface area contributed by atoms with Crippen molar-refractivity contribution in [1.29, 1.82) is 0 Å². The summed E-state index contributed by atoms with van der Waals surface area (Å²) in [4.78, 5) is 17.2. The number of benzene rings is 1. The number of rotatable bonds is 6. The third kappa shape index (κ3) is 4.25. The summed E-state index contributed by atoms with van der Waals surface area (Å²) in [6.07, 6.45) is 5.63. The Bertz CT molecular complexity index is 886. The second kappa shape index (κ2) is 8.56. The summed E-state index contributed by atoms with van der Waals surface area (Å²) in [5.41, 5.74) is 1.56. The van der Waals surface area contributed by atoms with Gasteiger partial charge in [-0.2, -0.15) is 16.3 Å². The number of hydrogen-bond acceptors (Lipinski definition) is 5. The van der Waals surface area contributed by atoms with Gasteiger partial charge in [0.1, 0.15) is 5.54 Å². The first-order chi connectivity index (χ1) is 13.8. The maximum absolute atomic E-state index is 12.6. The quantitative estimate of drug-likeness (QED) is 0.643. The van der Waals surface area contributed by atoms with Crippen molar-refractivity contribution in [2.75, 3.05) is 6.54 Å². The number of nitrogens with zero attached hydrogens (tertiary/aromatic N) is 2. The molecular weight excluding hydrogens is 372 g/mol. The van der Waals surface area contributed by atoms with Crippen LogP contribution < -0.4 is 10.6 Å². The summed E-state index contributed by atoms with van der Waals surface area (Å²) in [5.74, 6) is 1.08. The zero-order chi connectivity index (χ0) is 19.2. The van der Waals surface area contributed by atoms with E-state index >= 15 is 0 Å². The average molecular weight is 397 g/mol. The molecule has 2 N–H and O–H groups in total. The number of aromatic nitrogens is 2. The van der Waals surface area contributed by atoms with E-state index in [0.717, 1.165) is 44.1 Å². The van der Waals surface area contributed by atoms with Crippen molar-refractivity contribution in [1.82, 2.24) is 20.8 Å². The van der Waals surface area contributed by atoms with Crippen LogP contribution in [-0.2, 0) is 12.0 Å². The number of thiophene rings is 1. The number of nitrogens with one attached hydrogen (secondary N) is 2. The number of urea groups is 1. The van der Waals surface area contributed by atoms with Gasteiger partial charge >= 0.3 is 6.03 Å². The molecule has 1 aromatic carbocycles. The molecule has 3 aromatic rings. The molecule has 2 aromatic heterocycles. The molecule has 0 aliphatic heterocycles. The molecule has 0 bridgehead atoms. The van der Waals surface area contributed by atoms with E-state index < -0.39 is 5.54 Å². The molecule has 0 spiro atoms. The van der Waals surface area contributed by atoms with Gasteiger partial charge in [-0.05, 0) is 36.3 Å². The minimum Gasteiger partial charge on any atom is -0.338 e. The van der Waals surface area contributed by atoms with Crippen LogP contribution in [0.4, 0.5) is 4.79 Å². The Balaban J connectivity index is 1.43. The molecular formula is C21H24N4O2S. The Morgan fingerprint density at radius 3 is 2.71 bits per heavy atom. The van der Waals surface area contributed by atoms with Gasteiger partial charge in [-0.25, -0.2) is 4.79 Å². The second-order valence-corrected chi connectivity index (χ2v) is 7.97. The molecule has 2 heterocycles. The van der Waals surface area contributed by atoms with E-state index in [1.54, 1.807) is 11.3 Å². The van der Waals surface area contributed by atoms with Crippen molar-refractivity contribution in [3.8, 4) is 11.4 Å². The van der Waals surface area contributed by atoms with E-state index in [1.807, 2.05) is 35.0 Å². The van der Waals surface area contributed by atoms with Crippen molar-refractivity contribution >= 4 is 17.4 Å². The van der Waals surface area contributed by atoms with Gasteiger partial charge in [0.05, 0.1) is 0 Å². The van der Waals surface area contributed by atoms with E-state index in [-0.39, 0.29) is 6.03 Å². The van der Waals surface area contributed by atoms with Gasteiger partial charge in [-0.15, -0.1) is 0 Å². The highest BCUT2D eigenvalue weighted by Crippen LogP contribution is 2.37. The fourth-order valence-electron chi connectivity index (χ4n) is 3.70. The van der Waals surface area contributed by atoms with Gasteiger partial charge in [0.25, 0.3) is 5.89 Å². The molecule has 0 radical (unpaired) electrons. The van der Waals surface area contributed by atoms with Gasteiger partial charge in [0.15, 0.2) is 0 Å². The van der Waals surface area contributed by atoms with Crippen molar-refractivity contribution < 1.29 is 9.32 Å². The molecule has 1 saturated carbocycles. The largest absolute Gasteiger partial charge is 0.338 e. The van der Waals surface area contributed by atoms with Crippen LogP contribution in [0.15, 0.2) is 51.7 Å². The van der Waals surface area contributed by atoms with E-state index in [0.29, 0.717) is 18.3 Å². The summed E-state index contributed by atoms with van der Waals surface area (Å²) in [7, 11) is 0. The van der Waals surface area contributed by atoms with Crippen LogP contribution >= 0.6 is 11.3 Å². The van der Waals surface area contributed by atoms with Crippen molar-refractivity contribution in [2.45, 2.75) is 44.1 Å². The van der Waals surface area contributed by atoms with E-state index in [4.69, 9.17) is 4.52 Å². The van der Waals surface area contributed by atoms with E-state index in [1.165, 1.54) is 5.56 Å². The van der Waals surface area contributed by atoms with Crippen LogP contribution in [-0.4, -0.2) is 22.7 Å². The first-order valence-electron chi connectivity index (χ1n) is 9.72. The minimum absolute atomic E-state index is 0.187. The maximum Gasteiger partial charge on any atom is 0.315 e. The molecule has 146 valence electrons. The number of hydrogen-bond donors (Lipinski definition) is 2. The lowest BCUT2D eigenvalue weighted by Gasteiger charge is -2.34. The van der Waals surface area contributed by atoms with Crippen molar-refractivity contribution in [3.05, 3.63) is 58.6 Å². The Labute approximate surface area is 168 Å². The normalized spacial score (nSPS) is 15.9. The lowest BCUT2D eigenvalue weighted by Crippen LogP contribution is -2.51. The number of carbonyl (C=O) groups is 1. The molecule has 1 aliphatic rings. The monoisotopic (exact) mass is 396 g/mol.